The standard InChI is InChI=1S/C16H28N4O4S/c1-5-25(21,22)20-11-10-18-16(17-3)19-12-13(2)24-15-9-7-6-8-14(15)23-4/h6-9,13,20H,5,10-12H2,1-4H3,(H2,17,18,19). The van der Waals surface area contributed by atoms with Crippen molar-refractivity contribution in [1.82, 2.24) is 15.4 Å². The molecule has 1 unspecified atom stereocenters. The number of sulfonamides is 1. The second-order valence-corrected chi connectivity index (χ2v) is 7.35. The smallest absolute Gasteiger partial charge is 0.211 e. The third kappa shape index (κ3) is 8.08. The molecule has 0 bridgehead atoms. The second kappa shape index (κ2) is 10.8. The summed E-state index contributed by atoms with van der Waals surface area (Å²) in [5.41, 5.74) is 0. The van der Waals surface area contributed by atoms with Crippen LogP contribution in [0.5, 0.6) is 11.5 Å². The quantitative estimate of drug-likeness (QED) is 0.315. The molecule has 0 heterocycles. The molecule has 0 spiro atoms. The number of guanidine groups is 1. The summed E-state index contributed by atoms with van der Waals surface area (Å²) >= 11 is 0. The van der Waals surface area contributed by atoms with Crippen LogP contribution in [0.15, 0.2) is 29.3 Å². The van der Waals surface area contributed by atoms with Gasteiger partial charge in [-0.15, -0.1) is 0 Å². The van der Waals surface area contributed by atoms with E-state index in [1.165, 1.54) is 0 Å². The van der Waals surface area contributed by atoms with Gasteiger partial charge in [0.2, 0.25) is 10.0 Å². The van der Waals surface area contributed by atoms with E-state index in [4.69, 9.17) is 9.47 Å². The zero-order valence-electron chi connectivity index (χ0n) is 15.2. The van der Waals surface area contributed by atoms with Gasteiger partial charge in [-0.1, -0.05) is 12.1 Å². The number of nitrogens with one attached hydrogen (secondary N) is 3. The second-order valence-electron chi connectivity index (χ2n) is 5.26. The molecule has 9 heteroatoms. The number of hydrogen-bond acceptors (Lipinski definition) is 5. The van der Waals surface area contributed by atoms with E-state index in [9.17, 15) is 8.42 Å². The van der Waals surface area contributed by atoms with Gasteiger partial charge in [0.25, 0.3) is 0 Å². The van der Waals surface area contributed by atoms with Gasteiger partial charge < -0.3 is 20.1 Å². The van der Waals surface area contributed by atoms with Crippen LogP contribution >= 0.6 is 0 Å². The minimum atomic E-state index is -3.17. The summed E-state index contributed by atoms with van der Waals surface area (Å²) in [5, 5.41) is 6.17. The highest BCUT2D eigenvalue weighted by Crippen LogP contribution is 2.26. The van der Waals surface area contributed by atoms with Gasteiger partial charge in [-0.05, 0) is 26.0 Å². The monoisotopic (exact) mass is 372 g/mol. The molecule has 3 N–H and O–H groups in total. The first-order valence-electron chi connectivity index (χ1n) is 8.13. The number of nitrogens with zero attached hydrogens (tertiary/aromatic N) is 1. The zero-order chi connectivity index (χ0) is 18.7. The molecule has 0 radical (unpaired) electrons. The molecule has 0 fully saturated rings. The van der Waals surface area contributed by atoms with E-state index < -0.39 is 10.0 Å². The fraction of sp³-hybridized carbons (Fsp3) is 0.562. The van der Waals surface area contributed by atoms with Crippen LogP contribution in [0.25, 0.3) is 0 Å². The minimum absolute atomic E-state index is 0.0672. The lowest BCUT2D eigenvalue weighted by Gasteiger charge is -2.19. The Bertz CT molecular complexity index is 649. The van der Waals surface area contributed by atoms with Crippen molar-refractivity contribution in [3.63, 3.8) is 0 Å². The molecule has 25 heavy (non-hydrogen) atoms. The lowest BCUT2D eigenvalue weighted by atomic mass is 10.3. The van der Waals surface area contributed by atoms with Crippen LogP contribution < -0.4 is 24.8 Å². The Hall–Kier alpha value is -2.00. The predicted octanol–water partition coefficient (Wildman–Crippen LogP) is 0.567. The van der Waals surface area contributed by atoms with Crippen molar-refractivity contribution < 1.29 is 17.9 Å². The summed E-state index contributed by atoms with van der Waals surface area (Å²) in [6, 6.07) is 7.46. The molecule has 0 aliphatic carbocycles. The highest BCUT2D eigenvalue weighted by molar-refractivity contribution is 7.89. The van der Waals surface area contributed by atoms with Gasteiger partial charge in [0.1, 0.15) is 6.10 Å². The number of rotatable bonds is 10. The maximum Gasteiger partial charge on any atom is 0.211 e. The van der Waals surface area contributed by atoms with Crippen LogP contribution in [0, 0.1) is 0 Å². The van der Waals surface area contributed by atoms with Crippen molar-refractivity contribution in [2.45, 2.75) is 20.0 Å². The Balaban J connectivity index is 2.36. The zero-order valence-corrected chi connectivity index (χ0v) is 16.0. The van der Waals surface area contributed by atoms with Gasteiger partial charge in [-0.25, -0.2) is 13.1 Å². The molecule has 1 rings (SSSR count). The number of hydrogen-bond donors (Lipinski definition) is 3. The van der Waals surface area contributed by atoms with Crippen LogP contribution in [-0.4, -0.2) is 60.0 Å². The number of aliphatic imine (C=N–C) groups is 1. The first-order valence-corrected chi connectivity index (χ1v) is 9.78. The number of benzene rings is 1. The van der Waals surface area contributed by atoms with Crippen molar-refractivity contribution >= 4 is 16.0 Å². The fourth-order valence-electron chi connectivity index (χ4n) is 1.93. The fourth-order valence-corrected chi connectivity index (χ4v) is 2.54. The normalized spacial score (nSPS) is 13.2. The average molecular weight is 372 g/mol. The molecule has 1 aromatic rings. The Labute approximate surface area is 150 Å². The van der Waals surface area contributed by atoms with Crippen LogP contribution in [0.1, 0.15) is 13.8 Å². The Kier molecular flexibility index (Phi) is 9.07. The highest BCUT2D eigenvalue weighted by atomic mass is 32.2. The Morgan fingerprint density at radius 1 is 1.20 bits per heavy atom. The molecule has 1 atom stereocenters. The minimum Gasteiger partial charge on any atom is -0.493 e. The van der Waals surface area contributed by atoms with E-state index in [0.717, 1.165) is 0 Å². The van der Waals surface area contributed by atoms with Crippen molar-refractivity contribution in [2.75, 3.05) is 39.5 Å². The lowest BCUT2D eigenvalue weighted by Crippen LogP contribution is -2.44. The van der Waals surface area contributed by atoms with Gasteiger partial charge in [-0.2, -0.15) is 0 Å². The average Bonchev–Trinajstić information content (AvgIpc) is 2.61. The van der Waals surface area contributed by atoms with Crippen molar-refractivity contribution in [3.8, 4) is 11.5 Å². The maximum atomic E-state index is 11.3. The number of para-hydroxylation sites is 2. The lowest BCUT2D eigenvalue weighted by molar-refractivity contribution is 0.213. The van der Waals surface area contributed by atoms with Gasteiger partial charge in [0.05, 0.1) is 19.4 Å². The van der Waals surface area contributed by atoms with Crippen molar-refractivity contribution in [3.05, 3.63) is 24.3 Å². The Morgan fingerprint density at radius 3 is 2.48 bits per heavy atom. The van der Waals surface area contributed by atoms with E-state index in [-0.39, 0.29) is 11.9 Å². The molecule has 0 aliphatic rings. The molecule has 0 aromatic heterocycles. The van der Waals surface area contributed by atoms with Crippen LogP contribution in [0.3, 0.4) is 0 Å². The first-order chi connectivity index (χ1) is 11.9. The maximum absolute atomic E-state index is 11.3. The molecular formula is C16H28N4O4S. The van der Waals surface area contributed by atoms with Crippen molar-refractivity contribution in [1.29, 1.82) is 0 Å². The van der Waals surface area contributed by atoms with E-state index in [2.05, 4.69) is 20.3 Å². The number of methoxy groups -OCH3 is 1. The molecule has 1 aromatic carbocycles. The predicted molar refractivity (Wildman–Crippen MR) is 99.9 cm³/mol. The number of ether oxygens (including phenoxy) is 2. The van der Waals surface area contributed by atoms with Gasteiger partial charge in [0.15, 0.2) is 17.5 Å². The van der Waals surface area contributed by atoms with E-state index in [1.807, 2.05) is 31.2 Å². The molecule has 0 saturated heterocycles. The van der Waals surface area contributed by atoms with Gasteiger partial charge in [0, 0.05) is 20.1 Å². The topological polar surface area (TPSA) is 101 Å². The summed E-state index contributed by atoms with van der Waals surface area (Å²) in [5.74, 6) is 2.00. The molecule has 0 saturated carbocycles. The SMILES string of the molecule is CCS(=O)(=O)NCCNC(=NC)NCC(C)Oc1ccccc1OC. The van der Waals surface area contributed by atoms with Crippen LogP contribution in [-0.2, 0) is 10.0 Å². The molecule has 8 nitrogen and oxygen atoms in total. The summed E-state index contributed by atoms with van der Waals surface area (Å²) in [6.07, 6.45) is -0.117. The van der Waals surface area contributed by atoms with E-state index in [1.54, 1.807) is 21.1 Å². The molecule has 0 aliphatic heterocycles. The Morgan fingerprint density at radius 2 is 1.88 bits per heavy atom. The molecule has 0 amide bonds. The van der Waals surface area contributed by atoms with Gasteiger partial charge >= 0.3 is 0 Å². The summed E-state index contributed by atoms with van der Waals surface area (Å²) in [4.78, 5) is 4.09. The summed E-state index contributed by atoms with van der Waals surface area (Å²) < 4.78 is 36.3. The van der Waals surface area contributed by atoms with E-state index >= 15 is 0 Å². The first kappa shape index (κ1) is 21.0. The van der Waals surface area contributed by atoms with Gasteiger partial charge in [-0.3, -0.25) is 4.99 Å². The third-order valence-electron chi connectivity index (χ3n) is 3.30. The van der Waals surface area contributed by atoms with Crippen LogP contribution in [0.4, 0.5) is 0 Å². The highest BCUT2D eigenvalue weighted by Gasteiger charge is 2.09. The van der Waals surface area contributed by atoms with E-state index in [0.29, 0.717) is 37.1 Å². The largest absolute Gasteiger partial charge is 0.493 e. The molecular weight excluding hydrogens is 344 g/mol. The molecule has 142 valence electrons. The summed E-state index contributed by atoms with van der Waals surface area (Å²) in [6.45, 7) is 4.78. The van der Waals surface area contributed by atoms with Crippen LogP contribution in [0.2, 0.25) is 0 Å². The van der Waals surface area contributed by atoms with Crippen molar-refractivity contribution in [2.24, 2.45) is 4.99 Å². The summed E-state index contributed by atoms with van der Waals surface area (Å²) in [7, 11) is 0.0777. The third-order valence-corrected chi connectivity index (χ3v) is 4.70.